The topological polar surface area (TPSA) is 95.8 Å². The number of aliphatic hydroxyl groups excluding tert-OH is 1. The molecule has 2 aromatic heterocycles. The first-order valence-corrected chi connectivity index (χ1v) is 10.5. The molecule has 2 aromatic carbocycles. The van der Waals surface area contributed by atoms with Crippen LogP contribution in [0.25, 0.3) is 27.2 Å². The van der Waals surface area contributed by atoms with Gasteiger partial charge in [-0.3, -0.25) is 0 Å². The fraction of sp³-hybridized carbons (Fsp3) is 0.143. The van der Waals surface area contributed by atoms with Gasteiger partial charge in [-0.05, 0) is 37.6 Å². The molecule has 8 heteroatoms. The zero-order chi connectivity index (χ0) is 20.4. The Hall–Kier alpha value is -3.15. The Labute approximate surface area is 175 Å². The number of aliphatic hydroxyl groups is 1. The number of benzene rings is 2. The maximum Gasteiger partial charge on any atom is 0.277 e. The van der Waals surface area contributed by atoms with Crippen molar-refractivity contribution < 1.29 is 9.52 Å². The number of thioether (sulfide) groups is 1. The first kappa shape index (κ1) is 19.2. The quantitative estimate of drug-likeness (QED) is 0.254. The monoisotopic (exact) mass is 420 g/mol. The van der Waals surface area contributed by atoms with Crippen molar-refractivity contribution in [2.75, 3.05) is 0 Å². The summed E-state index contributed by atoms with van der Waals surface area (Å²) in [5.74, 6) is 0.361. The van der Waals surface area contributed by atoms with E-state index in [1.807, 2.05) is 55.5 Å². The van der Waals surface area contributed by atoms with Crippen molar-refractivity contribution in [1.29, 1.82) is 5.26 Å². The molecule has 4 aromatic rings. The molecule has 4 rings (SSSR count). The summed E-state index contributed by atoms with van der Waals surface area (Å²) in [5.41, 5.74) is 2.86. The molecule has 0 saturated heterocycles. The standard InChI is InChI=1S/C21H16N4O2S2/c1-12-7-3-4-8-14(12)19-24-25-21(27-19)28-13(2)18(26)15(11-22)20-23-16-9-5-6-10-17(16)29-20/h3-10,13,26H,1-2H3/b18-15+. The molecule has 0 saturated carbocycles. The number of fused-ring (bicyclic) bond motifs is 1. The van der Waals surface area contributed by atoms with Crippen LogP contribution in [0.5, 0.6) is 0 Å². The van der Waals surface area contributed by atoms with Crippen molar-refractivity contribution in [3.05, 3.63) is 64.9 Å². The molecule has 29 heavy (non-hydrogen) atoms. The van der Waals surface area contributed by atoms with Crippen LogP contribution in [0.15, 0.2) is 63.9 Å². The Kier molecular flexibility index (Phi) is 5.34. The second-order valence-electron chi connectivity index (χ2n) is 6.31. The second-order valence-corrected chi connectivity index (χ2v) is 8.63. The average molecular weight is 421 g/mol. The van der Waals surface area contributed by atoms with E-state index in [4.69, 9.17) is 4.42 Å². The third-order valence-corrected chi connectivity index (χ3v) is 6.32. The number of aromatic nitrogens is 3. The van der Waals surface area contributed by atoms with Gasteiger partial charge in [-0.2, -0.15) is 5.26 Å². The van der Waals surface area contributed by atoms with E-state index in [-0.39, 0.29) is 11.3 Å². The normalized spacial score (nSPS) is 13.1. The van der Waals surface area contributed by atoms with Gasteiger partial charge in [0, 0.05) is 5.56 Å². The van der Waals surface area contributed by atoms with Crippen LogP contribution >= 0.6 is 23.1 Å². The predicted octanol–water partition coefficient (Wildman–Crippen LogP) is 5.63. The average Bonchev–Trinajstić information content (AvgIpc) is 3.35. The Balaban J connectivity index is 1.59. The summed E-state index contributed by atoms with van der Waals surface area (Å²) in [6.45, 7) is 3.75. The van der Waals surface area contributed by atoms with Gasteiger partial charge < -0.3 is 9.52 Å². The lowest BCUT2D eigenvalue weighted by Gasteiger charge is -2.08. The number of aryl methyl sites for hydroxylation is 1. The number of nitrogens with zero attached hydrogens (tertiary/aromatic N) is 4. The highest BCUT2D eigenvalue weighted by atomic mass is 32.2. The molecule has 144 valence electrons. The van der Waals surface area contributed by atoms with Crippen LogP contribution in [0.2, 0.25) is 0 Å². The van der Waals surface area contributed by atoms with Crippen LogP contribution < -0.4 is 0 Å². The Morgan fingerprint density at radius 1 is 1.17 bits per heavy atom. The summed E-state index contributed by atoms with van der Waals surface area (Å²) in [6, 6.07) is 17.5. The lowest BCUT2D eigenvalue weighted by atomic mass is 10.1. The summed E-state index contributed by atoms with van der Waals surface area (Å²) < 4.78 is 6.71. The fourth-order valence-electron chi connectivity index (χ4n) is 2.78. The number of nitriles is 1. The molecule has 0 aliphatic rings. The summed E-state index contributed by atoms with van der Waals surface area (Å²) in [4.78, 5) is 4.47. The Morgan fingerprint density at radius 3 is 2.69 bits per heavy atom. The molecule has 0 amide bonds. The molecule has 1 unspecified atom stereocenters. The van der Waals surface area contributed by atoms with E-state index in [9.17, 15) is 10.4 Å². The van der Waals surface area contributed by atoms with E-state index in [1.165, 1.54) is 23.1 Å². The van der Waals surface area contributed by atoms with Gasteiger partial charge in [0.2, 0.25) is 5.89 Å². The minimum absolute atomic E-state index is 0.0628. The zero-order valence-electron chi connectivity index (χ0n) is 15.7. The molecule has 0 spiro atoms. The van der Waals surface area contributed by atoms with E-state index < -0.39 is 5.25 Å². The molecular weight excluding hydrogens is 404 g/mol. The first-order valence-electron chi connectivity index (χ1n) is 8.82. The summed E-state index contributed by atoms with van der Waals surface area (Å²) in [6.07, 6.45) is 0. The van der Waals surface area contributed by atoms with Crippen LogP contribution in [0.3, 0.4) is 0 Å². The van der Waals surface area contributed by atoms with Crippen molar-refractivity contribution in [1.82, 2.24) is 15.2 Å². The Bertz CT molecular complexity index is 1220. The van der Waals surface area contributed by atoms with Crippen molar-refractivity contribution >= 4 is 38.9 Å². The van der Waals surface area contributed by atoms with Gasteiger partial charge in [-0.15, -0.1) is 21.5 Å². The molecule has 1 atom stereocenters. The highest BCUT2D eigenvalue weighted by molar-refractivity contribution is 7.99. The van der Waals surface area contributed by atoms with E-state index in [1.54, 1.807) is 6.92 Å². The molecule has 0 aliphatic carbocycles. The molecule has 6 nitrogen and oxygen atoms in total. The third kappa shape index (κ3) is 3.88. The lowest BCUT2D eigenvalue weighted by molar-refractivity contribution is 0.400. The minimum atomic E-state index is -0.457. The van der Waals surface area contributed by atoms with E-state index in [0.717, 1.165) is 21.3 Å². The smallest absolute Gasteiger partial charge is 0.277 e. The molecule has 0 aliphatic heterocycles. The molecule has 0 fully saturated rings. The lowest BCUT2D eigenvalue weighted by Crippen LogP contribution is -2.04. The first-order chi connectivity index (χ1) is 14.1. The van der Waals surface area contributed by atoms with Gasteiger partial charge in [0.05, 0.1) is 15.5 Å². The summed E-state index contributed by atoms with van der Waals surface area (Å²) >= 11 is 2.57. The maximum absolute atomic E-state index is 10.7. The van der Waals surface area contributed by atoms with Gasteiger partial charge in [0.25, 0.3) is 5.22 Å². The van der Waals surface area contributed by atoms with Crippen molar-refractivity contribution in [3.8, 4) is 17.5 Å². The number of thiazole rings is 1. The molecule has 2 heterocycles. The van der Waals surface area contributed by atoms with Gasteiger partial charge in [-0.1, -0.05) is 42.1 Å². The van der Waals surface area contributed by atoms with Crippen molar-refractivity contribution in [2.45, 2.75) is 24.3 Å². The van der Waals surface area contributed by atoms with Crippen LogP contribution in [-0.2, 0) is 0 Å². The second kappa shape index (κ2) is 8.07. The SMILES string of the molecule is Cc1ccccc1-c1nnc(SC(C)/C(O)=C(/C#N)c2nc3ccccc3s2)o1. The number of rotatable bonds is 5. The summed E-state index contributed by atoms with van der Waals surface area (Å²) in [5, 5.41) is 28.8. The summed E-state index contributed by atoms with van der Waals surface area (Å²) in [7, 11) is 0. The van der Waals surface area contributed by atoms with Gasteiger partial charge in [0.15, 0.2) is 0 Å². The van der Waals surface area contributed by atoms with Crippen LogP contribution in [-0.4, -0.2) is 25.5 Å². The van der Waals surface area contributed by atoms with Gasteiger partial charge in [0.1, 0.15) is 22.4 Å². The van der Waals surface area contributed by atoms with Crippen molar-refractivity contribution in [2.24, 2.45) is 0 Å². The fourth-order valence-corrected chi connectivity index (χ4v) is 4.50. The Morgan fingerprint density at radius 2 is 1.93 bits per heavy atom. The number of para-hydroxylation sites is 1. The van der Waals surface area contributed by atoms with Crippen LogP contribution in [0.1, 0.15) is 17.5 Å². The number of hydrogen-bond donors (Lipinski definition) is 1. The number of hydrogen-bond acceptors (Lipinski definition) is 8. The minimum Gasteiger partial charge on any atom is -0.510 e. The number of allylic oxidation sites excluding steroid dienone is 1. The molecule has 0 radical (unpaired) electrons. The van der Waals surface area contributed by atoms with Gasteiger partial charge in [-0.25, -0.2) is 4.98 Å². The predicted molar refractivity (Wildman–Crippen MR) is 115 cm³/mol. The van der Waals surface area contributed by atoms with E-state index in [0.29, 0.717) is 16.1 Å². The van der Waals surface area contributed by atoms with Crippen LogP contribution in [0.4, 0.5) is 0 Å². The third-order valence-electron chi connectivity index (χ3n) is 4.32. The van der Waals surface area contributed by atoms with E-state index in [2.05, 4.69) is 21.3 Å². The van der Waals surface area contributed by atoms with Gasteiger partial charge >= 0.3 is 0 Å². The van der Waals surface area contributed by atoms with Crippen LogP contribution in [0, 0.1) is 18.3 Å². The maximum atomic E-state index is 10.7. The molecule has 1 N–H and O–H groups in total. The molecular formula is C21H16N4O2S2. The largest absolute Gasteiger partial charge is 0.510 e. The highest BCUT2D eigenvalue weighted by Crippen LogP contribution is 2.34. The van der Waals surface area contributed by atoms with E-state index >= 15 is 0 Å². The zero-order valence-corrected chi connectivity index (χ0v) is 17.3. The molecule has 0 bridgehead atoms. The van der Waals surface area contributed by atoms with Crippen molar-refractivity contribution in [3.63, 3.8) is 0 Å². The highest BCUT2D eigenvalue weighted by Gasteiger charge is 2.22.